The summed E-state index contributed by atoms with van der Waals surface area (Å²) in [6.07, 6.45) is 1.75. The molecule has 2 aromatic rings. The maximum atomic E-state index is 5.48. The Balaban J connectivity index is 2.09. The second-order valence-corrected chi connectivity index (χ2v) is 4.05. The minimum absolute atomic E-state index is 0.521. The molecule has 2 rings (SSSR count). The third-order valence-corrected chi connectivity index (χ3v) is 2.56. The molecule has 0 unspecified atom stereocenters. The number of hydrogen-bond acceptors (Lipinski definition) is 5. The van der Waals surface area contributed by atoms with E-state index in [1.165, 1.54) is 0 Å². The van der Waals surface area contributed by atoms with Gasteiger partial charge in [0.05, 0.1) is 23.6 Å². The topological polar surface area (TPSA) is 63.8 Å². The predicted octanol–water partition coefficient (Wildman–Crippen LogP) is 2.31. The van der Waals surface area contributed by atoms with Gasteiger partial charge >= 0.3 is 0 Å². The largest absolute Gasteiger partial charge is 0.444 e. The van der Waals surface area contributed by atoms with Gasteiger partial charge in [-0.2, -0.15) is 0 Å². The summed E-state index contributed by atoms with van der Waals surface area (Å²) in [6, 6.07) is 0. The lowest BCUT2D eigenvalue weighted by molar-refractivity contribution is 0.478. The SMILES string of the molecule is Cc1cnc(C)c(NCc2nc(C)c(C)o2)n1. The van der Waals surface area contributed by atoms with Crippen molar-refractivity contribution < 1.29 is 4.42 Å². The van der Waals surface area contributed by atoms with Crippen LogP contribution in [-0.2, 0) is 6.54 Å². The van der Waals surface area contributed by atoms with E-state index in [-0.39, 0.29) is 0 Å². The summed E-state index contributed by atoms with van der Waals surface area (Å²) in [5.74, 6) is 2.30. The van der Waals surface area contributed by atoms with Gasteiger partial charge in [0.25, 0.3) is 0 Å². The van der Waals surface area contributed by atoms with Crippen LogP contribution >= 0.6 is 0 Å². The molecule has 0 aliphatic rings. The highest BCUT2D eigenvalue weighted by Crippen LogP contribution is 2.12. The van der Waals surface area contributed by atoms with E-state index in [1.807, 2.05) is 27.7 Å². The van der Waals surface area contributed by atoms with Crippen LogP contribution in [0.3, 0.4) is 0 Å². The number of hydrogen-bond donors (Lipinski definition) is 1. The van der Waals surface area contributed by atoms with Crippen LogP contribution < -0.4 is 5.32 Å². The molecule has 0 spiro atoms. The maximum absolute atomic E-state index is 5.48. The van der Waals surface area contributed by atoms with Gasteiger partial charge in [-0.05, 0) is 27.7 Å². The number of anilines is 1. The van der Waals surface area contributed by atoms with Crippen molar-refractivity contribution in [3.8, 4) is 0 Å². The summed E-state index contributed by atoms with van der Waals surface area (Å²) in [7, 11) is 0. The fourth-order valence-electron chi connectivity index (χ4n) is 1.48. The third kappa shape index (κ3) is 2.61. The minimum atomic E-state index is 0.521. The number of nitrogens with one attached hydrogen (secondary N) is 1. The Morgan fingerprint density at radius 2 is 1.88 bits per heavy atom. The van der Waals surface area contributed by atoms with Crippen molar-refractivity contribution in [2.45, 2.75) is 34.2 Å². The van der Waals surface area contributed by atoms with E-state index in [0.29, 0.717) is 12.4 Å². The number of aryl methyl sites for hydroxylation is 4. The van der Waals surface area contributed by atoms with E-state index in [0.717, 1.165) is 28.7 Å². The highest BCUT2D eigenvalue weighted by atomic mass is 16.4. The van der Waals surface area contributed by atoms with Gasteiger partial charge in [-0.3, -0.25) is 4.98 Å². The van der Waals surface area contributed by atoms with E-state index < -0.39 is 0 Å². The highest BCUT2D eigenvalue weighted by Gasteiger charge is 2.07. The fourth-order valence-corrected chi connectivity index (χ4v) is 1.48. The first-order chi connectivity index (χ1) is 8.06. The first-order valence-corrected chi connectivity index (χ1v) is 5.53. The van der Waals surface area contributed by atoms with Crippen LogP contribution in [0.25, 0.3) is 0 Å². The lowest BCUT2D eigenvalue weighted by Crippen LogP contribution is -2.05. The van der Waals surface area contributed by atoms with E-state index in [2.05, 4.69) is 20.3 Å². The van der Waals surface area contributed by atoms with E-state index in [4.69, 9.17) is 4.42 Å². The molecule has 5 nitrogen and oxygen atoms in total. The molecule has 5 heteroatoms. The Hall–Kier alpha value is -1.91. The van der Waals surface area contributed by atoms with Gasteiger partial charge in [-0.25, -0.2) is 9.97 Å². The van der Waals surface area contributed by atoms with Gasteiger partial charge in [0.15, 0.2) is 0 Å². The van der Waals surface area contributed by atoms with Crippen molar-refractivity contribution in [1.82, 2.24) is 15.0 Å². The Morgan fingerprint density at radius 3 is 2.53 bits per heavy atom. The molecule has 0 radical (unpaired) electrons. The van der Waals surface area contributed by atoms with Gasteiger partial charge in [0, 0.05) is 6.20 Å². The van der Waals surface area contributed by atoms with Crippen LogP contribution in [0, 0.1) is 27.7 Å². The predicted molar refractivity (Wildman–Crippen MR) is 64.8 cm³/mol. The average Bonchev–Trinajstić information content (AvgIpc) is 2.60. The van der Waals surface area contributed by atoms with Crippen molar-refractivity contribution in [2.24, 2.45) is 0 Å². The third-order valence-electron chi connectivity index (χ3n) is 2.56. The summed E-state index contributed by atoms with van der Waals surface area (Å²) >= 11 is 0. The van der Waals surface area contributed by atoms with Gasteiger partial charge < -0.3 is 9.73 Å². The molecule has 2 aromatic heterocycles. The van der Waals surface area contributed by atoms with Crippen LogP contribution in [0.15, 0.2) is 10.6 Å². The first kappa shape index (κ1) is 11.6. The van der Waals surface area contributed by atoms with Gasteiger partial charge in [0.2, 0.25) is 5.89 Å². The van der Waals surface area contributed by atoms with Crippen LogP contribution in [0.1, 0.15) is 28.7 Å². The normalized spacial score (nSPS) is 10.6. The fraction of sp³-hybridized carbons (Fsp3) is 0.417. The molecular formula is C12H16N4O. The molecule has 0 atom stereocenters. The molecule has 1 N–H and O–H groups in total. The number of nitrogens with zero attached hydrogens (tertiary/aromatic N) is 3. The molecule has 0 aromatic carbocycles. The zero-order valence-corrected chi connectivity index (χ0v) is 10.5. The second-order valence-electron chi connectivity index (χ2n) is 4.05. The smallest absolute Gasteiger partial charge is 0.213 e. The molecule has 17 heavy (non-hydrogen) atoms. The highest BCUT2D eigenvalue weighted by molar-refractivity contribution is 5.39. The van der Waals surface area contributed by atoms with Gasteiger partial charge in [-0.1, -0.05) is 0 Å². The van der Waals surface area contributed by atoms with E-state index in [9.17, 15) is 0 Å². The van der Waals surface area contributed by atoms with Gasteiger partial charge in [-0.15, -0.1) is 0 Å². The molecule has 0 fully saturated rings. The summed E-state index contributed by atoms with van der Waals surface area (Å²) in [5, 5.41) is 3.18. The molecule has 2 heterocycles. The van der Waals surface area contributed by atoms with Crippen molar-refractivity contribution in [3.05, 3.63) is 34.9 Å². The molecule has 0 saturated carbocycles. The van der Waals surface area contributed by atoms with Gasteiger partial charge in [0.1, 0.15) is 11.6 Å². The monoisotopic (exact) mass is 232 g/mol. The Bertz CT molecular complexity index is 514. The number of rotatable bonds is 3. The van der Waals surface area contributed by atoms with Crippen LogP contribution in [0.4, 0.5) is 5.82 Å². The first-order valence-electron chi connectivity index (χ1n) is 5.53. The Morgan fingerprint density at radius 1 is 1.12 bits per heavy atom. The van der Waals surface area contributed by atoms with Crippen molar-refractivity contribution in [2.75, 3.05) is 5.32 Å². The summed E-state index contributed by atoms with van der Waals surface area (Å²) < 4.78 is 5.48. The Kier molecular flexibility index (Phi) is 3.08. The molecule has 0 aliphatic heterocycles. The van der Waals surface area contributed by atoms with E-state index in [1.54, 1.807) is 6.20 Å². The maximum Gasteiger partial charge on any atom is 0.213 e. The molecule has 0 saturated heterocycles. The molecule has 90 valence electrons. The molecule has 0 bridgehead atoms. The van der Waals surface area contributed by atoms with Crippen LogP contribution in [0.2, 0.25) is 0 Å². The quantitative estimate of drug-likeness (QED) is 0.879. The van der Waals surface area contributed by atoms with Crippen LogP contribution in [-0.4, -0.2) is 15.0 Å². The second kappa shape index (κ2) is 4.53. The summed E-state index contributed by atoms with van der Waals surface area (Å²) in [5.41, 5.74) is 2.68. The molecule has 0 aliphatic carbocycles. The lowest BCUT2D eigenvalue weighted by Gasteiger charge is -2.06. The number of oxazole rings is 1. The van der Waals surface area contributed by atoms with Crippen LogP contribution in [0.5, 0.6) is 0 Å². The Labute approximate surface area is 100 Å². The standard InChI is InChI=1S/C12H16N4O/c1-7-5-13-9(3)12(15-7)14-6-11-16-8(2)10(4)17-11/h5H,6H2,1-4H3,(H,14,15). The zero-order chi connectivity index (χ0) is 12.4. The minimum Gasteiger partial charge on any atom is -0.444 e. The number of aromatic nitrogens is 3. The average molecular weight is 232 g/mol. The summed E-state index contributed by atoms with van der Waals surface area (Å²) in [4.78, 5) is 12.9. The van der Waals surface area contributed by atoms with Crippen molar-refractivity contribution in [3.63, 3.8) is 0 Å². The lowest BCUT2D eigenvalue weighted by atomic mass is 10.4. The van der Waals surface area contributed by atoms with Crippen molar-refractivity contribution in [1.29, 1.82) is 0 Å². The summed E-state index contributed by atoms with van der Waals surface area (Å²) in [6.45, 7) is 8.19. The van der Waals surface area contributed by atoms with E-state index >= 15 is 0 Å². The van der Waals surface area contributed by atoms with Crippen molar-refractivity contribution >= 4 is 5.82 Å². The molecular weight excluding hydrogens is 216 g/mol. The molecule has 0 amide bonds. The zero-order valence-electron chi connectivity index (χ0n) is 10.5.